The second-order valence-corrected chi connectivity index (χ2v) is 3.41. The molecule has 0 radical (unpaired) electrons. The normalized spacial score (nSPS) is 41.7. The second kappa shape index (κ2) is 3.35. The molecule has 3 atom stereocenters. The molecule has 0 amide bonds. The number of aliphatic hydroxyl groups excluding tert-OH is 2. The molecule has 1 rings (SSSR count). The zero-order valence-corrected chi connectivity index (χ0v) is 6.45. The number of rotatable bonds is 1. The Balaban J connectivity index is 2.33. The van der Waals surface area contributed by atoms with Crippen molar-refractivity contribution in [2.24, 2.45) is 11.8 Å². The van der Waals surface area contributed by atoms with Crippen molar-refractivity contribution in [2.45, 2.75) is 32.3 Å². The van der Waals surface area contributed by atoms with E-state index in [1.54, 1.807) is 0 Å². The van der Waals surface area contributed by atoms with Gasteiger partial charge >= 0.3 is 0 Å². The third-order valence-electron chi connectivity index (χ3n) is 2.49. The van der Waals surface area contributed by atoms with Gasteiger partial charge in [0.2, 0.25) is 0 Å². The van der Waals surface area contributed by atoms with Crippen molar-refractivity contribution in [3.8, 4) is 0 Å². The van der Waals surface area contributed by atoms with Gasteiger partial charge in [-0.05, 0) is 31.1 Å². The molecule has 2 nitrogen and oxygen atoms in total. The molecule has 0 heterocycles. The SMILES string of the molecule is CC1CC(CO)CC[C@@H]1O. The number of aliphatic hydroxyl groups is 2. The number of hydrogen-bond acceptors (Lipinski definition) is 2. The lowest BCUT2D eigenvalue weighted by molar-refractivity contribution is 0.0415. The molecular weight excluding hydrogens is 128 g/mol. The van der Waals surface area contributed by atoms with Gasteiger partial charge < -0.3 is 10.2 Å². The van der Waals surface area contributed by atoms with Crippen molar-refractivity contribution in [2.75, 3.05) is 6.61 Å². The van der Waals surface area contributed by atoms with Gasteiger partial charge in [-0.2, -0.15) is 0 Å². The molecule has 0 saturated heterocycles. The minimum absolute atomic E-state index is 0.122. The summed E-state index contributed by atoms with van der Waals surface area (Å²) in [6.45, 7) is 2.34. The fourth-order valence-electron chi connectivity index (χ4n) is 1.66. The van der Waals surface area contributed by atoms with Crippen LogP contribution in [0.4, 0.5) is 0 Å². The van der Waals surface area contributed by atoms with Gasteiger partial charge in [-0.3, -0.25) is 0 Å². The van der Waals surface area contributed by atoms with E-state index in [0.717, 1.165) is 19.3 Å². The molecule has 1 aliphatic carbocycles. The lowest BCUT2D eigenvalue weighted by Gasteiger charge is -2.29. The molecule has 2 unspecified atom stereocenters. The van der Waals surface area contributed by atoms with E-state index in [4.69, 9.17) is 5.11 Å². The fourth-order valence-corrected chi connectivity index (χ4v) is 1.66. The molecular formula is C8H16O2. The molecule has 0 spiro atoms. The molecule has 0 aromatic rings. The minimum Gasteiger partial charge on any atom is -0.396 e. The first kappa shape index (κ1) is 8.02. The van der Waals surface area contributed by atoms with Crippen molar-refractivity contribution in [3.05, 3.63) is 0 Å². The van der Waals surface area contributed by atoms with Crippen LogP contribution in [0.25, 0.3) is 0 Å². The second-order valence-electron chi connectivity index (χ2n) is 3.41. The van der Waals surface area contributed by atoms with Crippen LogP contribution in [-0.2, 0) is 0 Å². The van der Waals surface area contributed by atoms with E-state index in [1.807, 2.05) is 6.92 Å². The zero-order valence-electron chi connectivity index (χ0n) is 6.45. The molecule has 2 N–H and O–H groups in total. The van der Waals surface area contributed by atoms with Crippen LogP contribution in [-0.4, -0.2) is 22.9 Å². The van der Waals surface area contributed by atoms with Crippen molar-refractivity contribution in [1.29, 1.82) is 0 Å². The first-order valence-corrected chi connectivity index (χ1v) is 4.03. The largest absolute Gasteiger partial charge is 0.396 e. The number of hydrogen-bond donors (Lipinski definition) is 2. The molecule has 0 aliphatic heterocycles. The predicted molar refractivity (Wildman–Crippen MR) is 39.6 cm³/mol. The molecule has 0 aromatic carbocycles. The van der Waals surface area contributed by atoms with E-state index < -0.39 is 0 Å². The maximum Gasteiger partial charge on any atom is 0.0566 e. The summed E-state index contributed by atoms with van der Waals surface area (Å²) in [6.07, 6.45) is 2.72. The van der Waals surface area contributed by atoms with Gasteiger partial charge in [0.25, 0.3) is 0 Å². The predicted octanol–water partition coefficient (Wildman–Crippen LogP) is 0.776. The Bertz CT molecular complexity index is 103. The van der Waals surface area contributed by atoms with Crippen LogP contribution in [0.5, 0.6) is 0 Å². The van der Waals surface area contributed by atoms with Crippen molar-refractivity contribution in [3.63, 3.8) is 0 Å². The minimum atomic E-state index is -0.122. The highest BCUT2D eigenvalue weighted by Gasteiger charge is 2.24. The molecule has 0 aromatic heterocycles. The highest BCUT2D eigenvalue weighted by atomic mass is 16.3. The van der Waals surface area contributed by atoms with Gasteiger partial charge in [-0.1, -0.05) is 6.92 Å². The topological polar surface area (TPSA) is 40.5 Å². The fraction of sp³-hybridized carbons (Fsp3) is 1.00. The van der Waals surface area contributed by atoms with Crippen LogP contribution in [0.2, 0.25) is 0 Å². The lowest BCUT2D eigenvalue weighted by atomic mass is 9.81. The molecule has 1 fully saturated rings. The van der Waals surface area contributed by atoms with E-state index in [-0.39, 0.29) is 12.7 Å². The highest BCUT2D eigenvalue weighted by molar-refractivity contribution is 4.76. The van der Waals surface area contributed by atoms with E-state index in [0.29, 0.717) is 11.8 Å². The van der Waals surface area contributed by atoms with E-state index in [1.165, 1.54) is 0 Å². The van der Waals surface area contributed by atoms with Crippen LogP contribution in [0.15, 0.2) is 0 Å². The summed E-state index contributed by atoms with van der Waals surface area (Å²) in [5.41, 5.74) is 0. The Morgan fingerprint density at radius 2 is 2.10 bits per heavy atom. The maximum absolute atomic E-state index is 9.31. The van der Waals surface area contributed by atoms with Crippen LogP contribution >= 0.6 is 0 Å². The van der Waals surface area contributed by atoms with Crippen LogP contribution in [0.1, 0.15) is 26.2 Å². The molecule has 60 valence electrons. The smallest absolute Gasteiger partial charge is 0.0566 e. The van der Waals surface area contributed by atoms with E-state index in [9.17, 15) is 5.11 Å². The molecule has 2 heteroatoms. The van der Waals surface area contributed by atoms with Crippen LogP contribution in [0, 0.1) is 11.8 Å². The Morgan fingerprint density at radius 3 is 2.60 bits per heavy atom. The summed E-state index contributed by atoms with van der Waals surface area (Å²) in [5.74, 6) is 0.823. The standard InChI is InChI=1S/C8H16O2/c1-6-4-7(5-9)2-3-8(6)10/h6-10H,2-5H2,1H3/t6?,7?,8-/m0/s1. The summed E-state index contributed by atoms with van der Waals surface area (Å²) in [4.78, 5) is 0. The third kappa shape index (κ3) is 1.70. The average Bonchev–Trinajstić information content (AvgIpc) is 1.95. The Labute approximate surface area is 61.9 Å². The van der Waals surface area contributed by atoms with Gasteiger partial charge in [0.1, 0.15) is 0 Å². The van der Waals surface area contributed by atoms with Crippen molar-refractivity contribution in [1.82, 2.24) is 0 Å². The monoisotopic (exact) mass is 144 g/mol. The van der Waals surface area contributed by atoms with Gasteiger partial charge in [0, 0.05) is 6.61 Å². The summed E-state index contributed by atoms with van der Waals surface area (Å²) < 4.78 is 0. The molecule has 1 aliphatic rings. The highest BCUT2D eigenvalue weighted by Crippen LogP contribution is 2.28. The first-order valence-electron chi connectivity index (χ1n) is 4.03. The van der Waals surface area contributed by atoms with Crippen molar-refractivity contribution < 1.29 is 10.2 Å². The summed E-state index contributed by atoms with van der Waals surface area (Å²) >= 11 is 0. The Hall–Kier alpha value is -0.0800. The molecule has 10 heavy (non-hydrogen) atoms. The lowest BCUT2D eigenvalue weighted by Crippen LogP contribution is -2.28. The van der Waals surface area contributed by atoms with Gasteiger partial charge in [0.15, 0.2) is 0 Å². The van der Waals surface area contributed by atoms with Gasteiger partial charge in [0.05, 0.1) is 6.10 Å². The van der Waals surface area contributed by atoms with Gasteiger partial charge in [-0.15, -0.1) is 0 Å². The molecule has 1 saturated carbocycles. The summed E-state index contributed by atoms with van der Waals surface area (Å²) in [7, 11) is 0. The first-order chi connectivity index (χ1) is 4.74. The maximum atomic E-state index is 9.31. The van der Waals surface area contributed by atoms with Crippen molar-refractivity contribution >= 4 is 0 Å². The Morgan fingerprint density at radius 1 is 1.40 bits per heavy atom. The van der Waals surface area contributed by atoms with E-state index in [2.05, 4.69) is 0 Å². The Kier molecular flexibility index (Phi) is 2.69. The van der Waals surface area contributed by atoms with Crippen LogP contribution < -0.4 is 0 Å². The molecule has 0 bridgehead atoms. The third-order valence-corrected chi connectivity index (χ3v) is 2.49. The summed E-state index contributed by atoms with van der Waals surface area (Å²) in [5, 5.41) is 18.1. The quantitative estimate of drug-likeness (QED) is 0.571. The summed E-state index contributed by atoms with van der Waals surface area (Å²) in [6, 6.07) is 0. The zero-order chi connectivity index (χ0) is 7.56. The van der Waals surface area contributed by atoms with Gasteiger partial charge in [-0.25, -0.2) is 0 Å². The average molecular weight is 144 g/mol. The van der Waals surface area contributed by atoms with Crippen LogP contribution in [0.3, 0.4) is 0 Å². The van der Waals surface area contributed by atoms with E-state index >= 15 is 0 Å².